The normalized spacial score (nSPS) is 13.8. The van der Waals surface area contributed by atoms with Crippen LogP contribution in [-0.2, 0) is 6.54 Å². The molecule has 2 aromatic rings. The maximum absolute atomic E-state index is 13.2. The van der Waals surface area contributed by atoms with Gasteiger partial charge in [-0.1, -0.05) is 47.5 Å². The number of fused-ring (bicyclic) bond motifs is 1. The van der Waals surface area contributed by atoms with E-state index in [0.717, 1.165) is 11.1 Å². The number of anilines is 1. The minimum Gasteiger partial charge on any atom is -0.319 e. The van der Waals surface area contributed by atoms with Crippen LogP contribution in [-0.4, -0.2) is 5.84 Å². The zero-order chi connectivity index (χ0) is 13.6. The van der Waals surface area contributed by atoms with Crippen LogP contribution in [0.15, 0.2) is 36.4 Å². The van der Waals surface area contributed by atoms with E-state index in [1.807, 2.05) is 24.3 Å². The van der Waals surface area contributed by atoms with Crippen LogP contribution < -0.4 is 4.90 Å². The number of hydrogen-bond donors (Lipinski definition) is 1. The van der Waals surface area contributed by atoms with Crippen molar-refractivity contribution in [2.45, 2.75) is 6.54 Å². The van der Waals surface area contributed by atoms with Crippen molar-refractivity contribution in [3.63, 3.8) is 0 Å². The number of halogens is 3. The molecule has 0 aliphatic carbocycles. The monoisotopic (exact) mass is 294 g/mol. The summed E-state index contributed by atoms with van der Waals surface area (Å²) in [4.78, 5) is 1.69. The van der Waals surface area contributed by atoms with E-state index in [4.69, 9.17) is 28.6 Å². The Labute approximate surface area is 119 Å². The Kier molecular flexibility index (Phi) is 2.96. The lowest BCUT2D eigenvalue weighted by Gasteiger charge is -2.20. The standard InChI is InChI=1S/C14H9Cl2FN2/c15-11-5-9(17)6-12(16)13(11)19-7-8-3-1-2-4-10(8)14(19)18/h1-6,18H,7H2. The summed E-state index contributed by atoms with van der Waals surface area (Å²) in [5.74, 6) is -0.159. The summed E-state index contributed by atoms with van der Waals surface area (Å²) in [6.45, 7) is 0.514. The molecule has 3 rings (SSSR count). The molecule has 96 valence electrons. The zero-order valence-electron chi connectivity index (χ0n) is 9.75. The fraction of sp³-hybridized carbons (Fsp3) is 0.0714. The molecule has 1 N–H and O–H groups in total. The average molecular weight is 295 g/mol. The highest BCUT2D eigenvalue weighted by molar-refractivity contribution is 6.40. The molecule has 1 aliphatic heterocycles. The molecule has 0 saturated carbocycles. The smallest absolute Gasteiger partial charge is 0.133 e. The van der Waals surface area contributed by atoms with Crippen molar-refractivity contribution in [2.75, 3.05) is 4.90 Å². The second-order valence-corrected chi connectivity index (χ2v) is 5.12. The molecule has 0 amide bonds. The molecule has 0 aromatic heterocycles. The highest BCUT2D eigenvalue weighted by Gasteiger charge is 2.28. The molecule has 2 aromatic carbocycles. The molecule has 0 atom stereocenters. The fourth-order valence-corrected chi connectivity index (χ4v) is 2.93. The third kappa shape index (κ3) is 1.99. The van der Waals surface area contributed by atoms with E-state index in [-0.39, 0.29) is 10.0 Å². The van der Waals surface area contributed by atoms with Crippen LogP contribution in [0, 0.1) is 11.2 Å². The van der Waals surface area contributed by atoms with E-state index < -0.39 is 5.82 Å². The van der Waals surface area contributed by atoms with Gasteiger partial charge in [0.25, 0.3) is 0 Å². The van der Waals surface area contributed by atoms with E-state index in [0.29, 0.717) is 18.1 Å². The van der Waals surface area contributed by atoms with Crippen molar-refractivity contribution in [1.82, 2.24) is 0 Å². The lowest BCUT2D eigenvalue weighted by atomic mass is 10.1. The van der Waals surface area contributed by atoms with Crippen molar-refractivity contribution in [3.8, 4) is 0 Å². The predicted molar refractivity (Wildman–Crippen MR) is 75.9 cm³/mol. The molecular formula is C14H9Cl2FN2. The van der Waals surface area contributed by atoms with Gasteiger partial charge < -0.3 is 4.90 Å². The topological polar surface area (TPSA) is 27.1 Å². The van der Waals surface area contributed by atoms with Gasteiger partial charge >= 0.3 is 0 Å². The summed E-state index contributed by atoms with van der Waals surface area (Å²) in [6.07, 6.45) is 0. The maximum atomic E-state index is 13.2. The number of benzene rings is 2. The van der Waals surface area contributed by atoms with Gasteiger partial charge in [0, 0.05) is 5.56 Å². The molecule has 2 nitrogen and oxygen atoms in total. The van der Waals surface area contributed by atoms with Crippen LogP contribution in [0.4, 0.5) is 10.1 Å². The first-order valence-electron chi connectivity index (χ1n) is 5.67. The van der Waals surface area contributed by atoms with Gasteiger partial charge in [0.1, 0.15) is 11.7 Å². The third-order valence-electron chi connectivity index (χ3n) is 3.12. The van der Waals surface area contributed by atoms with Crippen LogP contribution in [0.2, 0.25) is 10.0 Å². The molecule has 0 spiro atoms. The van der Waals surface area contributed by atoms with E-state index >= 15 is 0 Å². The molecule has 0 bridgehead atoms. The molecule has 0 fully saturated rings. The summed E-state index contributed by atoms with van der Waals surface area (Å²) in [6, 6.07) is 10.0. The van der Waals surface area contributed by atoms with Gasteiger partial charge in [0.2, 0.25) is 0 Å². The summed E-state index contributed by atoms with van der Waals surface area (Å²) < 4.78 is 13.2. The van der Waals surface area contributed by atoms with Gasteiger partial charge in [0.05, 0.1) is 22.3 Å². The Hall–Kier alpha value is -1.58. The molecule has 5 heteroatoms. The van der Waals surface area contributed by atoms with Gasteiger partial charge in [-0.15, -0.1) is 0 Å². The zero-order valence-corrected chi connectivity index (χ0v) is 11.3. The van der Waals surface area contributed by atoms with E-state index in [2.05, 4.69) is 0 Å². The van der Waals surface area contributed by atoms with Crippen LogP contribution in [0.5, 0.6) is 0 Å². The second kappa shape index (κ2) is 4.51. The van der Waals surface area contributed by atoms with Gasteiger partial charge in [-0.05, 0) is 17.7 Å². The number of nitrogens with zero attached hydrogens (tertiary/aromatic N) is 1. The number of nitrogens with one attached hydrogen (secondary N) is 1. The highest BCUT2D eigenvalue weighted by atomic mass is 35.5. The van der Waals surface area contributed by atoms with Crippen LogP contribution in [0.1, 0.15) is 11.1 Å². The number of amidine groups is 1. The van der Waals surface area contributed by atoms with Crippen molar-refractivity contribution in [1.29, 1.82) is 5.41 Å². The van der Waals surface area contributed by atoms with Gasteiger partial charge in [-0.25, -0.2) is 4.39 Å². The van der Waals surface area contributed by atoms with E-state index in [9.17, 15) is 4.39 Å². The van der Waals surface area contributed by atoms with E-state index in [1.165, 1.54) is 12.1 Å². The average Bonchev–Trinajstić information content (AvgIpc) is 2.66. The van der Waals surface area contributed by atoms with Gasteiger partial charge in [-0.3, -0.25) is 5.41 Å². The Balaban J connectivity index is 2.10. The number of hydrogen-bond acceptors (Lipinski definition) is 1. The molecule has 0 unspecified atom stereocenters. The molecule has 19 heavy (non-hydrogen) atoms. The molecule has 1 aliphatic rings. The summed E-state index contributed by atoms with van der Waals surface area (Å²) in [5.41, 5.74) is 2.36. The summed E-state index contributed by atoms with van der Waals surface area (Å²) in [5, 5.41) is 8.61. The van der Waals surface area contributed by atoms with Crippen LogP contribution in [0.3, 0.4) is 0 Å². The summed E-state index contributed by atoms with van der Waals surface area (Å²) in [7, 11) is 0. The molecule has 0 saturated heterocycles. The van der Waals surface area contributed by atoms with Crippen molar-refractivity contribution >= 4 is 34.7 Å². The molecular weight excluding hydrogens is 286 g/mol. The first kappa shape index (κ1) is 12.5. The fourth-order valence-electron chi connectivity index (χ4n) is 2.27. The van der Waals surface area contributed by atoms with Crippen molar-refractivity contribution < 1.29 is 4.39 Å². The third-order valence-corrected chi connectivity index (χ3v) is 3.70. The minimum atomic E-state index is -0.484. The minimum absolute atomic E-state index is 0.211. The Bertz CT molecular complexity index is 662. The largest absolute Gasteiger partial charge is 0.319 e. The van der Waals surface area contributed by atoms with E-state index in [1.54, 1.807) is 4.90 Å². The quantitative estimate of drug-likeness (QED) is 0.825. The predicted octanol–water partition coefficient (Wildman–Crippen LogP) is 4.48. The first-order chi connectivity index (χ1) is 9.08. The molecule has 1 heterocycles. The van der Waals surface area contributed by atoms with Crippen LogP contribution in [0.25, 0.3) is 0 Å². The maximum Gasteiger partial charge on any atom is 0.133 e. The van der Waals surface area contributed by atoms with Crippen molar-refractivity contribution in [2.24, 2.45) is 0 Å². The Morgan fingerprint density at radius 3 is 2.37 bits per heavy atom. The number of rotatable bonds is 1. The van der Waals surface area contributed by atoms with Crippen molar-refractivity contribution in [3.05, 3.63) is 63.4 Å². The van der Waals surface area contributed by atoms with Gasteiger partial charge in [-0.2, -0.15) is 0 Å². The Morgan fingerprint density at radius 1 is 1.11 bits per heavy atom. The lowest BCUT2D eigenvalue weighted by molar-refractivity contribution is 0.628. The SMILES string of the molecule is N=C1c2ccccc2CN1c1c(Cl)cc(F)cc1Cl. The van der Waals surface area contributed by atoms with Gasteiger partial charge in [0.15, 0.2) is 0 Å². The Morgan fingerprint density at radius 2 is 1.74 bits per heavy atom. The highest BCUT2D eigenvalue weighted by Crippen LogP contribution is 2.38. The molecule has 0 radical (unpaired) electrons. The van der Waals surface area contributed by atoms with Crippen LogP contribution >= 0.6 is 23.2 Å². The first-order valence-corrected chi connectivity index (χ1v) is 6.42. The second-order valence-electron chi connectivity index (χ2n) is 4.31. The summed E-state index contributed by atoms with van der Waals surface area (Å²) >= 11 is 12.1. The lowest BCUT2D eigenvalue weighted by Crippen LogP contribution is -2.23.